The molecule has 4 aromatic rings. The van der Waals surface area contributed by atoms with Crippen molar-refractivity contribution in [3.05, 3.63) is 73.7 Å². The largest absolute Gasteiger partial charge is 0.450 e. The first-order chi connectivity index (χ1) is 25.9. The molecule has 2 aliphatic heterocycles. The maximum Gasteiger partial charge on any atom is 0.300 e. The highest BCUT2D eigenvalue weighted by Gasteiger charge is 2.34. The van der Waals surface area contributed by atoms with Crippen molar-refractivity contribution in [2.45, 2.75) is 27.7 Å². The smallest absolute Gasteiger partial charge is 0.300 e. The van der Waals surface area contributed by atoms with E-state index >= 15 is 0 Å². The summed E-state index contributed by atoms with van der Waals surface area (Å²) in [7, 11) is -9.81. The molecule has 0 saturated heterocycles. The lowest BCUT2D eigenvalue weighted by molar-refractivity contribution is 0.448. The molecular weight excluding hydrogens is 915 g/mol. The second kappa shape index (κ2) is 14.7. The Labute approximate surface area is 335 Å². The summed E-state index contributed by atoms with van der Waals surface area (Å²) in [6, 6.07) is 10.8. The van der Waals surface area contributed by atoms with Crippen LogP contribution in [0, 0.1) is 0 Å². The van der Waals surface area contributed by atoms with E-state index in [1.54, 1.807) is 19.1 Å². The molecule has 286 valence electrons. The molecule has 25 heteroatoms. The van der Waals surface area contributed by atoms with Gasteiger partial charge >= 0.3 is 10.1 Å². The molecular formula is C30H20BrCl3N8O10S3. The van der Waals surface area contributed by atoms with Gasteiger partial charge in [0.1, 0.15) is 26.9 Å². The second-order valence-electron chi connectivity index (χ2n) is 11.5. The highest BCUT2D eigenvalue weighted by atomic mass is 79.9. The Morgan fingerprint density at radius 3 is 2.27 bits per heavy atom. The Bertz CT molecular complexity index is 2870. The minimum atomic E-state index is -5.03. The summed E-state index contributed by atoms with van der Waals surface area (Å²) in [4.78, 5) is 20.1. The average Bonchev–Trinajstić information content (AvgIpc) is 3.10. The summed E-state index contributed by atoms with van der Waals surface area (Å²) in [6.45, 7) is 1.59. The number of nitrogens with zero attached hydrogens (tertiary/aromatic N) is 5. The monoisotopic (exact) mass is 932 g/mol. The van der Waals surface area contributed by atoms with Crippen molar-refractivity contribution in [1.82, 2.24) is 19.9 Å². The molecule has 6 N–H and O–H groups in total. The van der Waals surface area contributed by atoms with E-state index in [0.717, 1.165) is 0 Å². The number of anilines is 5. The molecule has 1 aromatic heterocycles. The van der Waals surface area contributed by atoms with E-state index in [9.17, 15) is 34.7 Å². The van der Waals surface area contributed by atoms with E-state index in [0.29, 0.717) is 5.69 Å². The molecule has 7 rings (SSSR count). The van der Waals surface area contributed by atoms with Crippen LogP contribution in [-0.2, 0) is 31.3 Å². The lowest BCUT2D eigenvalue weighted by Crippen LogP contribution is -2.24. The summed E-state index contributed by atoms with van der Waals surface area (Å²) in [5.74, 6) is -0.782. The number of fused-ring (bicyclic) bond motifs is 4. The van der Waals surface area contributed by atoms with Gasteiger partial charge < -0.3 is 29.7 Å². The number of ether oxygens (including phenoxy) is 1. The van der Waals surface area contributed by atoms with Crippen LogP contribution in [0.3, 0.4) is 0 Å². The van der Waals surface area contributed by atoms with E-state index < -0.39 is 52.9 Å². The van der Waals surface area contributed by atoms with Crippen molar-refractivity contribution in [3.63, 3.8) is 0 Å². The molecule has 3 aliphatic rings. The van der Waals surface area contributed by atoms with Crippen molar-refractivity contribution >= 4 is 122 Å². The third kappa shape index (κ3) is 7.79. The van der Waals surface area contributed by atoms with Crippen LogP contribution in [-0.4, -0.2) is 67.2 Å². The van der Waals surface area contributed by atoms with Crippen LogP contribution in [0.2, 0.25) is 15.3 Å². The van der Waals surface area contributed by atoms with Crippen molar-refractivity contribution < 1.29 is 43.9 Å². The molecule has 55 heavy (non-hydrogen) atoms. The molecule has 0 fully saturated rings. The van der Waals surface area contributed by atoms with Gasteiger partial charge in [-0.1, -0.05) is 23.2 Å². The molecule has 3 aromatic carbocycles. The molecule has 18 nitrogen and oxygen atoms in total. The second-order valence-corrected chi connectivity index (χ2v) is 17.1. The zero-order chi connectivity index (χ0) is 39.6. The maximum absolute atomic E-state index is 12.8. The predicted molar refractivity (Wildman–Crippen MR) is 205 cm³/mol. The number of hydrogen-bond donors (Lipinski definition) is 6. The van der Waals surface area contributed by atoms with Gasteiger partial charge in [0.15, 0.2) is 43.7 Å². The van der Waals surface area contributed by atoms with Crippen molar-refractivity contribution in [3.8, 4) is 23.0 Å². The van der Waals surface area contributed by atoms with Crippen molar-refractivity contribution in [2.75, 3.05) is 22.5 Å². The normalized spacial score (nSPS) is 14.1. The van der Waals surface area contributed by atoms with Gasteiger partial charge in [-0.2, -0.15) is 31.8 Å². The number of hydrogen-bond acceptors (Lipinski definition) is 15. The van der Waals surface area contributed by atoms with Crippen LogP contribution < -0.4 is 26.0 Å². The van der Waals surface area contributed by atoms with Crippen LogP contribution in [0.25, 0.3) is 22.6 Å². The van der Waals surface area contributed by atoms with Gasteiger partial charge in [0.2, 0.25) is 17.2 Å². The first kappa shape index (κ1) is 39.0. The summed E-state index contributed by atoms with van der Waals surface area (Å²) in [6.07, 6.45) is 0. The molecule has 0 spiro atoms. The molecule has 0 amide bonds. The van der Waals surface area contributed by atoms with Crippen LogP contribution in [0.5, 0.6) is 11.5 Å². The summed E-state index contributed by atoms with van der Waals surface area (Å²) in [5.41, 5.74) is 0.150. The predicted octanol–water partition coefficient (Wildman–Crippen LogP) is 6.91. The van der Waals surface area contributed by atoms with E-state index in [4.69, 9.17) is 44.0 Å². The van der Waals surface area contributed by atoms with Gasteiger partial charge in [0, 0.05) is 16.2 Å². The standard InChI is InChI=1S/C30H20BrCl3N8O10S3/c1-11(36-29-40-28(34)41-30(42-29)37-12-2-4-13(5-3-12)53(43)44)10-35-17-9-8-16-23(27(17)55(48,49)50)52-25-19(33)20-24(18(32)21(25)39-16)51-22-15(38-20)7-6-14(31)26(22)54(45,46)47/h2-9,11,38H,10H2,1H3,(H,43,44)(H,45,46,47)(H,48,49,50)(H2,36,37,40,41,42). The summed E-state index contributed by atoms with van der Waals surface area (Å²) < 4.78 is 103. The zero-order valence-corrected chi connectivity index (χ0v) is 33.4. The van der Waals surface area contributed by atoms with Crippen molar-refractivity contribution in [2.24, 2.45) is 4.99 Å². The Kier molecular flexibility index (Phi) is 10.4. The quantitative estimate of drug-likeness (QED) is 0.0488. The maximum atomic E-state index is 12.8. The topological polar surface area (TPSA) is 268 Å². The fourth-order valence-electron chi connectivity index (χ4n) is 5.33. The number of halogens is 4. The molecule has 2 unspecified atom stereocenters. The average molecular weight is 935 g/mol. The third-order valence-corrected chi connectivity index (χ3v) is 12.0. The van der Waals surface area contributed by atoms with Gasteiger partial charge in [0.25, 0.3) is 10.1 Å². The Morgan fingerprint density at radius 1 is 0.909 bits per heavy atom. The Morgan fingerprint density at radius 2 is 1.60 bits per heavy atom. The molecule has 0 saturated carbocycles. The molecule has 1 aliphatic carbocycles. The van der Waals surface area contributed by atoms with Crippen LogP contribution in [0.15, 0.2) is 77.1 Å². The van der Waals surface area contributed by atoms with Crippen molar-refractivity contribution in [1.29, 1.82) is 0 Å². The first-order valence-corrected chi connectivity index (χ1v) is 21.0. The summed E-state index contributed by atoms with van der Waals surface area (Å²) in [5, 5.41) is 8.02. The highest BCUT2D eigenvalue weighted by molar-refractivity contribution is 9.10. The van der Waals surface area contributed by atoms with Gasteiger partial charge in [-0.05, 0) is 83.0 Å². The van der Waals surface area contributed by atoms with Gasteiger partial charge in [0.05, 0.1) is 22.5 Å². The van der Waals surface area contributed by atoms with E-state index in [2.05, 4.69) is 56.8 Å². The van der Waals surface area contributed by atoms with Gasteiger partial charge in [-0.3, -0.25) is 14.1 Å². The highest BCUT2D eigenvalue weighted by Crippen LogP contribution is 2.55. The SMILES string of the molecule is CC(CN=c1ccc2nc3c(Cl)c4c(c(Cl)c3oc-2c1S(=O)(=O)O)Nc1ccc(Br)c(S(=O)(=O)O)c1O4)Nc1nc(Cl)nc(Nc2ccc(S(=O)O)cc2)n1. The molecule has 2 atom stereocenters. The molecule has 3 heterocycles. The Hall–Kier alpha value is -4.23. The van der Waals surface area contributed by atoms with Gasteiger partial charge in [-0.15, -0.1) is 0 Å². The van der Waals surface area contributed by atoms with Crippen LogP contribution >= 0.6 is 50.7 Å². The van der Waals surface area contributed by atoms with E-state index in [1.165, 1.54) is 36.4 Å². The number of benzene rings is 4. The minimum absolute atomic E-state index is 0.00316. The molecule has 0 radical (unpaired) electrons. The zero-order valence-electron chi connectivity index (χ0n) is 27.1. The summed E-state index contributed by atoms with van der Waals surface area (Å²) >= 11 is 20.5. The lowest BCUT2D eigenvalue weighted by atomic mass is 10.1. The molecule has 0 bridgehead atoms. The third-order valence-electron chi connectivity index (χ3n) is 7.65. The number of nitrogens with one attached hydrogen (secondary N) is 3. The Balaban J connectivity index is 1.22. The van der Waals surface area contributed by atoms with E-state index in [1.807, 2.05) is 0 Å². The minimum Gasteiger partial charge on any atom is -0.450 e. The van der Waals surface area contributed by atoms with Crippen LogP contribution in [0.4, 0.5) is 29.0 Å². The number of rotatable bonds is 9. The fourth-order valence-corrected chi connectivity index (χ4v) is 8.79. The van der Waals surface area contributed by atoms with Gasteiger partial charge in [-0.25, -0.2) is 9.19 Å². The van der Waals surface area contributed by atoms with Crippen LogP contribution in [0.1, 0.15) is 6.92 Å². The van der Waals surface area contributed by atoms with E-state index in [-0.39, 0.29) is 88.2 Å². The fraction of sp³-hybridized carbons (Fsp3) is 0.100. The number of aromatic nitrogens is 4. The first-order valence-electron chi connectivity index (χ1n) is 15.1. The lowest BCUT2D eigenvalue weighted by Gasteiger charge is -2.26.